The molecule has 0 spiro atoms. The molecule has 1 heterocycles. The summed E-state index contributed by atoms with van der Waals surface area (Å²) in [4.78, 5) is 0. The highest BCUT2D eigenvalue weighted by atomic mass is 19.1. The van der Waals surface area contributed by atoms with Crippen molar-refractivity contribution in [1.82, 2.24) is 15.1 Å². The Hall–Kier alpha value is -1.75. The minimum Gasteiger partial charge on any atom is -0.308 e. The van der Waals surface area contributed by atoms with Gasteiger partial charge in [0.15, 0.2) is 0 Å². The SMILES string of the molecule is Fc1ccc(Cn2ccc(CNC3CC3)n2)c(F)c1. The van der Waals surface area contributed by atoms with Crippen LogP contribution in [0.3, 0.4) is 0 Å². The van der Waals surface area contributed by atoms with E-state index in [-0.39, 0.29) is 0 Å². The first-order valence-corrected chi connectivity index (χ1v) is 6.40. The second-order valence-corrected chi connectivity index (χ2v) is 4.90. The van der Waals surface area contributed by atoms with Gasteiger partial charge in [-0.05, 0) is 25.0 Å². The lowest BCUT2D eigenvalue weighted by Crippen LogP contribution is -2.16. The summed E-state index contributed by atoms with van der Waals surface area (Å²) in [6.45, 7) is 1.05. The first-order chi connectivity index (χ1) is 9.20. The van der Waals surface area contributed by atoms with Crippen molar-refractivity contribution in [1.29, 1.82) is 0 Å². The Balaban J connectivity index is 1.65. The highest BCUT2D eigenvalue weighted by Gasteiger charge is 2.20. The van der Waals surface area contributed by atoms with Crippen molar-refractivity contribution < 1.29 is 8.78 Å². The third-order valence-corrected chi connectivity index (χ3v) is 3.19. The van der Waals surface area contributed by atoms with Gasteiger partial charge in [0.1, 0.15) is 11.6 Å². The number of nitrogens with one attached hydrogen (secondary N) is 1. The van der Waals surface area contributed by atoms with E-state index in [0.717, 1.165) is 18.3 Å². The van der Waals surface area contributed by atoms with Gasteiger partial charge >= 0.3 is 0 Å². The van der Waals surface area contributed by atoms with Crippen LogP contribution in [0.1, 0.15) is 24.1 Å². The van der Waals surface area contributed by atoms with Crippen molar-refractivity contribution in [2.45, 2.75) is 32.0 Å². The third-order valence-electron chi connectivity index (χ3n) is 3.19. The van der Waals surface area contributed by atoms with Crippen LogP contribution >= 0.6 is 0 Å². The smallest absolute Gasteiger partial charge is 0.131 e. The lowest BCUT2D eigenvalue weighted by atomic mass is 10.2. The molecular weight excluding hydrogens is 248 g/mol. The van der Waals surface area contributed by atoms with Crippen LogP contribution in [0.4, 0.5) is 8.78 Å². The van der Waals surface area contributed by atoms with Gasteiger partial charge in [0.05, 0.1) is 12.2 Å². The van der Waals surface area contributed by atoms with Crippen molar-refractivity contribution in [2.24, 2.45) is 0 Å². The van der Waals surface area contributed by atoms with Gasteiger partial charge in [0.25, 0.3) is 0 Å². The van der Waals surface area contributed by atoms with E-state index in [2.05, 4.69) is 10.4 Å². The van der Waals surface area contributed by atoms with Gasteiger partial charge < -0.3 is 5.32 Å². The molecule has 2 aromatic rings. The Labute approximate surface area is 110 Å². The molecule has 0 aliphatic heterocycles. The summed E-state index contributed by atoms with van der Waals surface area (Å²) in [5.74, 6) is -1.09. The molecule has 0 atom stereocenters. The van der Waals surface area contributed by atoms with Crippen molar-refractivity contribution in [3.05, 3.63) is 53.4 Å². The van der Waals surface area contributed by atoms with E-state index in [1.165, 1.54) is 25.0 Å². The molecule has 1 aromatic heterocycles. The molecule has 1 aliphatic carbocycles. The molecule has 1 aromatic carbocycles. The van der Waals surface area contributed by atoms with Crippen LogP contribution in [0.15, 0.2) is 30.5 Å². The molecular formula is C14H15F2N3. The predicted molar refractivity (Wildman–Crippen MR) is 67.5 cm³/mol. The lowest BCUT2D eigenvalue weighted by Gasteiger charge is -2.04. The summed E-state index contributed by atoms with van der Waals surface area (Å²) in [7, 11) is 0. The first-order valence-electron chi connectivity index (χ1n) is 6.40. The zero-order chi connectivity index (χ0) is 13.2. The average Bonchev–Trinajstić information content (AvgIpc) is 3.10. The fourth-order valence-corrected chi connectivity index (χ4v) is 1.95. The average molecular weight is 263 g/mol. The number of nitrogens with zero attached hydrogens (tertiary/aromatic N) is 2. The van der Waals surface area contributed by atoms with Crippen LogP contribution in [0.2, 0.25) is 0 Å². The van der Waals surface area contributed by atoms with Gasteiger partial charge in [-0.15, -0.1) is 0 Å². The highest BCUT2D eigenvalue weighted by Crippen LogP contribution is 2.19. The second-order valence-electron chi connectivity index (χ2n) is 4.90. The fraction of sp³-hybridized carbons (Fsp3) is 0.357. The van der Waals surface area contributed by atoms with E-state index in [4.69, 9.17) is 0 Å². The summed E-state index contributed by atoms with van der Waals surface area (Å²) in [5, 5.41) is 7.73. The Morgan fingerprint density at radius 2 is 2.11 bits per heavy atom. The molecule has 0 radical (unpaired) electrons. The molecule has 19 heavy (non-hydrogen) atoms. The number of hydrogen-bond acceptors (Lipinski definition) is 2. The standard InChI is InChI=1S/C14H15F2N3/c15-11-2-1-10(14(16)7-11)9-19-6-5-13(18-19)8-17-12-3-4-12/h1-2,5-7,12,17H,3-4,8-9H2. The molecule has 0 unspecified atom stereocenters. The van der Waals surface area contributed by atoms with Crippen molar-refractivity contribution in [3.8, 4) is 0 Å². The molecule has 0 bridgehead atoms. The van der Waals surface area contributed by atoms with E-state index >= 15 is 0 Å². The number of halogens is 2. The maximum Gasteiger partial charge on any atom is 0.131 e. The van der Waals surface area contributed by atoms with Crippen molar-refractivity contribution in [3.63, 3.8) is 0 Å². The van der Waals surface area contributed by atoms with Gasteiger partial charge in [-0.2, -0.15) is 5.10 Å². The van der Waals surface area contributed by atoms with E-state index < -0.39 is 11.6 Å². The molecule has 3 rings (SSSR count). The molecule has 3 nitrogen and oxygen atoms in total. The molecule has 1 fully saturated rings. The minimum absolute atomic E-state index is 0.315. The van der Waals surface area contributed by atoms with E-state index in [1.807, 2.05) is 12.3 Å². The topological polar surface area (TPSA) is 29.9 Å². The summed E-state index contributed by atoms with van der Waals surface area (Å²) in [6.07, 6.45) is 4.29. The third kappa shape index (κ3) is 3.17. The molecule has 1 N–H and O–H groups in total. The molecule has 0 saturated heterocycles. The lowest BCUT2D eigenvalue weighted by molar-refractivity contribution is 0.555. The van der Waals surface area contributed by atoms with Gasteiger partial charge in [-0.25, -0.2) is 8.78 Å². The summed E-state index contributed by atoms with van der Waals surface area (Å²) < 4.78 is 28.0. The Bertz CT molecular complexity index is 576. The highest BCUT2D eigenvalue weighted by molar-refractivity contribution is 5.19. The quantitative estimate of drug-likeness (QED) is 0.898. The number of rotatable bonds is 5. The van der Waals surface area contributed by atoms with E-state index in [0.29, 0.717) is 18.2 Å². The molecule has 100 valence electrons. The minimum atomic E-state index is -0.559. The van der Waals surface area contributed by atoms with Gasteiger partial charge in [0.2, 0.25) is 0 Å². The maximum absolute atomic E-state index is 13.5. The summed E-state index contributed by atoms with van der Waals surface area (Å²) in [5.41, 5.74) is 1.38. The van der Waals surface area contributed by atoms with Crippen LogP contribution in [0.25, 0.3) is 0 Å². The zero-order valence-corrected chi connectivity index (χ0v) is 10.4. The first kappa shape index (κ1) is 12.3. The maximum atomic E-state index is 13.5. The summed E-state index contributed by atoms with van der Waals surface area (Å²) >= 11 is 0. The normalized spacial score (nSPS) is 14.8. The Morgan fingerprint density at radius 1 is 1.26 bits per heavy atom. The van der Waals surface area contributed by atoms with Crippen molar-refractivity contribution >= 4 is 0 Å². The van der Waals surface area contributed by atoms with Crippen molar-refractivity contribution in [2.75, 3.05) is 0 Å². The van der Waals surface area contributed by atoms with Gasteiger partial charge in [-0.3, -0.25) is 4.68 Å². The second kappa shape index (κ2) is 5.09. The number of benzene rings is 1. The monoisotopic (exact) mass is 263 g/mol. The number of hydrogen-bond donors (Lipinski definition) is 1. The van der Waals surface area contributed by atoms with Gasteiger partial charge in [0, 0.05) is 30.4 Å². The van der Waals surface area contributed by atoms with E-state index in [9.17, 15) is 8.78 Å². The van der Waals surface area contributed by atoms with Crippen LogP contribution in [0, 0.1) is 11.6 Å². The largest absolute Gasteiger partial charge is 0.308 e. The molecule has 0 amide bonds. The summed E-state index contributed by atoms with van der Waals surface area (Å²) in [6, 6.07) is 6.16. The Kier molecular flexibility index (Phi) is 3.29. The van der Waals surface area contributed by atoms with Crippen LogP contribution in [-0.4, -0.2) is 15.8 Å². The van der Waals surface area contributed by atoms with Crippen LogP contribution in [0.5, 0.6) is 0 Å². The predicted octanol–water partition coefficient (Wildman–Crippen LogP) is 2.46. The number of aromatic nitrogens is 2. The Morgan fingerprint density at radius 3 is 2.84 bits per heavy atom. The molecule has 1 saturated carbocycles. The molecule has 5 heteroatoms. The van der Waals surface area contributed by atoms with Gasteiger partial charge in [-0.1, -0.05) is 6.07 Å². The van der Waals surface area contributed by atoms with Crippen LogP contribution in [-0.2, 0) is 13.1 Å². The van der Waals surface area contributed by atoms with Crippen LogP contribution < -0.4 is 5.32 Å². The van der Waals surface area contributed by atoms with E-state index in [1.54, 1.807) is 4.68 Å². The zero-order valence-electron chi connectivity index (χ0n) is 10.4. The fourth-order valence-electron chi connectivity index (χ4n) is 1.95. The molecule has 1 aliphatic rings.